The van der Waals surface area contributed by atoms with Crippen molar-refractivity contribution in [2.24, 2.45) is 0 Å². The summed E-state index contributed by atoms with van der Waals surface area (Å²) in [5.41, 5.74) is 9.55. The molecule has 3 rings (SSSR count). The normalized spacial score (nSPS) is 10.6. The summed E-state index contributed by atoms with van der Waals surface area (Å²) in [6.45, 7) is 3.82. The van der Waals surface area contributed by atoms with Gasteiger partial charge in [0, 0.05) is 11.3 Å². The third kappa shape index (κ3) is 3.68. The number of nitrogen functional groups attached to an aromatic ring is 1. The van der Waals surface area contributed by atoms with E-state index in [1.165, 1.54) is 5.56 Å². The highest BCUT2D eigenvalue weighted by Gasteiger charge is 2.15. The minimum absolute atomic E-state index is 0.105. The van der Waals surface area contributed by atoms with E-state index in [4.69, 9.17) is 15.0 Å². The van der Waals surface area contributed by atoms with Crippen molar-refractivity contribution in [3.8, 4) is 11.4 Å². The molecule has 128 valence electrons. The van der Waals surface area contributed by atoms with Crippen LogP contribution in [0.5, 0.6) is 0 Å². The molecule has 0 fully saturated rings. The van der Waals surface area contributed by atoms with Crippen molar-refractivity contribution in [3.05, 3.63) is 65.0 Å². The Balaban J connectivity index is 1.67. The zero-order chi connectivity index (χ0) is 17.8. The molecular formula is C19H19N3O3. The Morgan fingerprint density at radius 3 is 2.68 bits per heavy atom. The van der Waals surface area contributed by atoms with Crippen LogP contribution in [0.2, 0.25) is 0 Å². The van der Waals surface area contributed by atoms with Gasteiger partial charge in [-0.2, -0.15) is 4.98 Å². The Bertz CT molecular complexity index is 885. The third-order valence-corrected chi connectivity index (χ3v) is 3.96. The van der Waals surface area contributed by atoms with Crippen LogP contribution in [0, 0.1) is 6.92 Å². The molecule has 0 bridgehead atoms. The molecule has 0 atom stereocenters. The standard InChI is InChI=1S/C19H19N3O3/c1-3-13-7-9-14(10-8-13)18-21-16(25-22-18)11-24-19(23)15-6-4-5-12(2)17(15)20/h4-10H,3,11,20H2,1-2H3. The lowest BCUT2D eigenvalue weighted by atomic mass is 10.1. The summed E-state index contributed by atoms with van der Waals surface area (Å²) in [4.78, 5) is 16.4. The topological polar surface area (TPSA) is 91.2 Å². The van der Waals surface area contributed by atoms with Gasteiger partial charge < -0.3 is 15.0 Å². The number of anilines is 1. The number of aromatic nitrogens is 2. The quantitative estimate of drug-likeness (QED) is 0.565. The monoisotopic (exact) mass is 337 g/mol. The Labute approximate surface area is 145 Å². The highest BCUT2D eigenvalue weighted by atomic mass is 16.6. The van der Waals surface area contributed by atoms with Crippen molar-refractivity contribution < 1.29 is 14.1 Å². The first kappa shape index (κ1) is 16.7. The predicted octanol–water partition coefficient (Wildman–Crippen LogP) is 3.55. The maximum atomic E-state index is 12.1. The van der Waals surface area contributed by atoms with E-state index >= 15 is 0 Å². The SMILES string of the molecule is CCc1ccc(-c2noc(COC(=O)c3cccc(C)c3N)n2)cc1. The van der Waals surface area contributed by atoms with E-state index in [2.05, 4.69) is 17.1 Å². The van der Waals surface area contributed by atoms with Crippen molar-refractivity contribution in [1.29, 1.82) is 0 Å². The van der Waals surface area contributed by atoms with Crippen LogP contribution >= 0.6 is 0 Å². The molecule has 2 aromatic carbocycles. The zero-order valence-electron chi connectivity index (χ0n) is 14.2. The lowest BCUT2D eigenvalue weighted by Crippen LogP contribution is -2.09. The number of nitrogens with zero attached hydrogens (tertiary/aromatic N) is 2. The molecule has 1 aromatic heterocycles. The molecule has 0 aliphatic carbocycles. The van der Waals surface area contributed by atoms with Crippen LogP contribution in [0.15, 0.2) is 47.0 Å². The van der Waals surface area contributed by atoms with Gasteiger partial charge in [0.15, 0.2) is 6.61 Å². The van der Waals surface area contributed by atoms with Crippen molar-refractivity contribution in [1.82, 2.24) is 10.1 Å². The number of aryl methyl sites for hydroxylation is 2. The van der Waals surface area contributed by atoms with Crippen molar-refractivity contribution in [2.75, 3.05) is 5.73 Å². The van der Waals surface area contributed by atoms with E-state index in [1.807, 2.05) is 37.3 Å². The predicted molar refractivity (Wildman–Crippen MR) is 93.8 cm³/mol. The summed E-state index contributed by atoms with van der Waals surface area (Å²) >= 11 is 0. The molecule has 25 heavy (non-hydrogen) atoms. The first-order valence-corrected chi connectivity index (χ1v) is 8.02. The van der Waals surface area contributed by atoms with E-state index in [0.717, 1.165) is 17.5 Å². The van der Waals surface area contributed by atoms with Gasteiger partial charge in [-0.15, -0.1) is 0 Å². The number of carbonyl (C=O) groups excluding carboxylic acids is 1. The van der Waals surface area contributed by atoms with Crippen molar-refractivity contribution >= 4 is 11.7 Å². The van der Waals surface area contributed by atoms with Crippen molar-refractivity contribution in [3.63, 3.8) is 0 Å². The molecule has 0 saturated heterocycles. The number of hydrogen-bond donors (Lipinski definition) is 1. The second-order valence-electron chi connectivity index (χ2n) is 5.67. The van der Waals surface area contributed by atoms with Gasteiger partial charge in [-0.25, -0.2) is 4.79 Å². The van der Waals surface area contributed by atoms with Gasteiger partial charge in [-0.3, -0.25) is 0 Å². The molecule has 6 nitrogen and oxygen atoms in total. The van der Waals surface area contributed by atoms with Crippen LogP contribution in [-0.4, -0.2) is 16.1 Å². The molecule has 0 radical (unpaired) electrons. The average molecular weight is 337 g/mol. The van der Waals surface area contributed by atoms with E-state index in [1.54, 1.807) is 12.1 Å². The van der Waals surface area contributed by atoms with Gasteiger partial charge >= 0.3 is 5.97 Å². The Kier molecular flexibility index (Phi) is 4.79. The van der Waals surface area contributed by atoms with Crippen LogP contribution in [0.4, 0.5) is 5.69 Å². The fourth-order valence-corrected chi connectivity index (χ4v) is 2.38. The fourth-order valence-electron chi connectivity index (χ4n) is 2.38. The van der Waals surface area contributed by atoms with E-state index in [0.29, 0.717) is 17.1 Å². The van der Waals surface area contributed by atoms with Crippen LogP contribution in [0.3, 0.4) is 0 Å². The second-order valence-corrected chi connectivity index (χ2v) is 5.67. The van der Waals surface area contributed by atoms with Gasteiger partial charge in [0.1, 0.15) is 0 Å². The smallest absolute Gasteiger partial charge is 0.340 e. The minimum Gasteiger partial charge on any atom is -0.452 e. The summed E-state index contributed by atoms with van der Waals surface area (Å²) in [6, 6.07) is 13.1. The van der Waals surface area contributed by atoms with Crippen LogP contribution < -0.4 is 5.73 Å². The molecule has 0 amide bonds. The van der Waals surface area contributed by atoms with Crippen LogP contribution in [-0.2, 0) is 17.8 Å². The Hall–Kier alpha value is -3.15. The van der Waals surface area contributed by atoms with Crippen molar-refractivity contribution in [2.45, 2.75) is 26.9 Å². The number of para-hydroxylation sites is 1. The number of carbonyl (C=O) groups is 1. The minimum atomic E-state index is -0.520. The Morgan fingerprint density at radius 2 is 1.96 bits per heavy atom. The number of ether oxygens (including phenoxy) is 1. The van der Waals surface area contributed by atoms with E-state index in [9.17, 15) is 4.79 Å². The summed E-state index contributed by atoms with van der Waals surface area (Å²) in [6.07, 6.45) is 0.968. The fraction of sp³-hybridized carbons (Fsp3) is 0.211. The van der Waals surface area contributed by atoms with Crippen LogP contribution in [0.1, 0.15) is 34.3 Å². The second kappa shape index (κ2) is 7.17. The van der Waals surface area contributed by atoms with Gasteiger partial charge in [0.2, 0.25) is 5.82 Å². The summed E-state index contributed by atoms with van der Waals surface area (Å²) in [5, 5.41) is 3.92. The number of esters is 1. The van der Waals surface area contributed by atoms with E-state index < -0.39 is 5.97 Å². The molecule has 0 aliphatic heterocycles. The lowest BCUT2D eigenvalue weighted by molar-refractivity contribution is 0.0431. The summed E-state index contributed by atoms with van der Waals surface area (Å²) in [7, 11) is 0. The first-order chi connectivity index (χ1) is 12.1. The number of hydrogen-bond acceptors (Lipinski definition) is 6. The molecule has 0 spiro atoms. The van der Waals surface area contributed by atoms with Gasteiger partial charge in [0.25, 0.3) is 5.89 Å². The molecule has 3 aromatic rings. The summed E-state index contributed by atoms with van der Waals surface area (Å²) in [5.74, 6) is 0.172. The van der Waals surface area contributed by atoms with Gasteiger partial charge in [-0.05, 0) is 30.5 Å². The molecule has 0 aliphatic rings. The molecule has 2 N–H and O–H groups in total. The first-order valence-electron chi connectivity index (χ1n) is 8.02. The number of benzene rings is 2. The number of nitrogens with two attached hydrogens (primary N) is 1. The molecule has 1 heterocycles. The van der Waals surface area contributed by atoms with Gasteiger partial charge in [0.05, 0.1) is 5.56 Å². The maximum absolute atomic E-state index is 12.1. The molecule has 6 heteroatoms. The average Bonchev–Trinajstić information content (AvgIpc) is 3.11. The maximum Gasteiger partial charge on any atom is 0.340 e. The Morgan fingerprint density at radius 1 is 1.20 bits per heavy atom. The highest BCUT2D eigenvalue weighted by molar-refractivity contribution is 5.95. The largest absolute Gasteiger partial charge is 0.452 e. The zero-order valence-corrected chi connectivity index (χ0v) is 14.2. The lowest BCUT2D eigenvalue weighted by Gasteiger charge is -2.07. The molecular weight excluding hydrogens is 318 g/mol. The molecule has 0 unspecified atom stereocenters. The highest BCUT2D eigenvalue weighted by Crippen LogP contribution is 2.19. The third-order valence-electron chi connectivity index (χ3n) is 3.96. The molecule has 0 saturated carbocycles. The van der Waals surface area contributed by atoms with Crippen LogP contribution in [0.25, 0.3) is 11.4 Å². The summed E-state index contributed by atoms with van der Waals surface area (Å²) < 4.78 is 10.4. The number of rotatable bonds is 5. The van der Waals surface area contributed by atoms with Gasteiger partial charge in [-0.1, -0.05) is 48.5 Å². The van der Waals surface area contributed by atoms with E-state index in [-0.39, 0.29) is 12.5 Å².